The van der Waals surface area contributed by atoms with Crippen LogP contribution in [0.5, 0.6) is 0 Å². The maximum atomic E-state index is 11.7. The summed E-state index contributed by atoms with van der Waals surface area (Å²) in [5, 5.41) is 4.15. The van der Waals surface area contributed by atoms with Crippen LogP contribution in [0.4, 0.5) is 4.79 Å². The van der Waals surface area contributed by atoms with Gasteiger partial charge in [-0.05, 0) is 46.2 Å². The lowest BCUT2D eigenvalue weighted by atomic mass is 10.1. The fourth-order valence-corrected chi connectivity index (χ4v) is 1.51. The number of carbonyl (C=O) groups excluding carboxylic acids is 2. The molecule has 1 aromatic carbocycles. The standard InChI is InChI=1S/C16H22O7/c1-11-8-6-7-9-13(11)14(17)21-23-22-15(18)20-12(2)10-19-16(3,4)5/h6-9,12H,10H2,1-5H3. The topological polar surface area (TPSA) is 80.3 Å². The Hall–Kier alpha value is -2.12. The summed E-state index contributed by atoms with van der Waals surface area (Å²) in [5.74, 6) is -0.778. The predicted octanol–water partition coefficient (Wildman–Crippen LogP) is 3.36. The first kappa shape index (κ1) is 18.9. The molecule has 0 bridgehead atoms. The fraction of sp³-hybridized carbons (Fsp3) is 0.500. The highest BCUT2D eigenvalue weighted by molar-refractivity contribution is 5.90. The molecular weight excluding hydrogens is 304 g/mol. The van der Waals surface area contributed by atoms with Crippen LogP contribution in [0.15, 0.2) is 24.3 Å². The average molecular weight is 326 g/mol. The molecule has 1 rings (SSSR count). The number of benzene rings is 1. The lowest BCUT2D eigenvalue weighted by Crippen LogP contribution is -2.28. The van der Waals surface area contributed by atoms with Crippen LogP contribution < -0.4 is 0 Å². The monoisotopic (exact) mass is 326 g/mol. The van der Waals surface area contributed by atoms with Crippen molar-refractivity contribution in [2.75, 3.05) is 6.61 Å². The molecule has 0 radical (unpaired) electrons. The molecule has 128 valence electrons. The average Bonchev–Trinajstić information content (AvgIpc) is 2.44. The third-order valence-corrected chi connectivity index (χ3v) is 2.63. The Bertz CT molecular complexity index is 533. The highest BCUT2D eigenvalue weighted by Crippen LogP contribution is 2.10. The maximum absolute atomic E-state index is 11.7. The minimum Gasteiger partial charge on any atom is -0.427 e. The Morgan fingerprint density at radius 2 is 1.78 bits per heavy atom. The van der Waals surface area contributed by atoms with Gasteiger partial charge in [0.2, 0.25) is 0 Å². The van der Waals surface area contributed by atoms with Crippen LogP contribution in [0.25, 0.3) is 0 Å². The van der Waals surface area contributed by atoms with Crippen molar-refractivity contribution in [1.82, 2.24) is 0 Å². The molecule has 0 aliphatic heterocycles. The summed E-state index contributed by atoms with van der Waals surface area (Å²) in [5.41, 5.74) is 0.661. The highest BCUT2D eigenvalue weighted by Gasteiger charge is 2.18. The second kappa shape index (κ2) is 8.50. The number of rotatable bonds is 6. The molecule has 0 saturated carbocycles. The fourth-order valence-electron chi connectivity index (χ4n) is 1.51. The number of carbonyl (C=O) groups is 2. The Kier molecular flexibility index (Phi) is 6.99. The minimum absolute atomic E-state index is 0.196. The van der Waals surface area contributed by atoms with E-state index in [1.807, 2.05) is 20.8 Å². The molecule has 1 atom stereocenters. The van der Waals surface area contributed by atoms with E-state index in [4.69, 9.17) is 9.47 Å². The highest BCUT2D eigenvalue weighted by atomic mass is 17.5. The summed E-state index contributed by atoms with van der Waals surface area (Å²) in [7, 11) is 0. The molecule has 1 unspecified atom stereocenters. The smallest absolute Gasteiger partial charge is 0.427 e. The van der Waals surface area contributed by atoms with Crippen LogP contribution >= 0.6 is 0 Å². The van der Waals surface area contributed by atoms with Crippen LogP contribution in [-0.4, -0.2) is 30.4 Å². The van der Waals surface area contributed by atoms with Crippen LogP contribution in [0.1, 0.15) is 43.6 Å². The van der Waals surface area contributed by atoms with Gasteiger partial charge in [-0.25, -0.2) is 14.5 Å². The van der Waals surface area contributed by atoms with Gasteiger partial charge in [0.25, 0.3) is 0 Å². The Morgan fingerprint density at radius 1 is 1.13 bits per heavy atom. The zero-order valence-electron chi connectivity index (χ0n) is 14.0. The van der Waals surface area contributed by atoms with Crippen LogP contribution in [-0.2, 0) is 24.3 Å². The third-order valence-electron chi connectivity index (χ3n) is 2.63. The maximum Gasteiger partial charge on any atom is 0.543 e. The molecule has 0 aliphatic carbocycles. The Morgan fingerprint density at radius 3 is 2.39 bits per heavy atom. The second-order valence-electron chi connectivity index (χ2n) is 5.94. The molecule has 7 heteroatoms. The predicted molar refractivity (Wildman–Crippen MR) is 80.4 cm³/mol. The first-order chi connectivity index (χ1) is 10.7. The van der Waals surface area contributed by atoms with E-state index >= 15 is 0 Å². The molecule has 1 aromatic rings. The van der Waals surface area contributed by atoms with Crippen molar-refractivity contribution in [2.45, 2.75) is 46.3 Å². The van der Waals surface area contributed by atoms with E-state index in [-0.39, 0.29) is 12.2 Å². The summed E-state index contributed by atoms with van der Waals surface area (Å²) in [6.07, 6.45) is -1.68. The SMILES string of the molecule is Cc1ccccc1C(=O)OOOC(=O)OC(C)COC(C)(C)C. The van der Waals surface area contributed by atoms with E-state index in [9.17, 15) is 9.59 Å². The summed E-state index contributed by atoms with van der Waals surface area (Å²) >= 11 is 0. The molecule has 0 spiro atoms. The Balaban J connectivity index is 2.29. The third kappa shape index (κ3) is 7.62. The largest absolute Gasteiger partial charge is 0.543 e. The molecule has 0 heterocycles. The molecule has 23 heavy (non-hydrogen) atoms. The lowest BCUT2D eigenvalue weighted by Gasteiger charge is -2.21. The van der Waals surface area contributed by atoms with E-state index in [1.54, 1.807) is 38.1 Å². The molecule has 0 aliphatic rings. The summed E-state index contributed by atoms with van der Waals surface area (Å²) < 4.78 is 10.3. The number of hydrogen-bond acceptors (Lipinski definition) is 7. The molecule has 0 saturated heterocycles. The van der Waals surface area contributed by atoms with Crippen LogP contribution in [0.3, 0.4) is 0 Å². The van der Waals surface area contributed by atoms with Crippen molar-refractivity contribution in [3.8, 4) is 0 Å². The van der Waals surface area contributed by atoms with Crippen molar-refractivity contribution >= 4 is 12.1 Å². The van der Waals surface area contributed by atoms with Crippen molar-refractivity contribution in [3.63, 3.8) is 0 Å². The van der Waals surface area contributed by atoms with Gasteiger partial charge >= 0.3 is 12.1 Å². The summed E-state index contributed by atoms with van der Waals surface area (Å²) in [6, 6.07) is 6.76. The van der Waals surface area contributed by atoms with E-state index in [0.29, 0.717) is 11.1 Å². The molecule has 0 aromatic heterocycles. The van der Waals surface area contributed by atoms with E-state index in [1.165, 1.54) is 0 Å². The number of aryl methyl sites for hydroxylation is 1. The number of hydrogen-bond donors (Lipinski definition) is 0. The van der Waals surface area contributed by atoms with Crippen molar-refractivity contribution in [1.29, 1.82) is 0 Å². The van der Waals surface area contributed by atoms with Gasteiger partial charge in [0.05, 0.1) is 22.8 Å². The molecule has 7 nitrogen and oxygen atoms in total. The van der Waals surface area contributed by atoms with Gasteiger partial charge in [0.15, 0.2) is 0 Å². The van der Waals surface area contributed by atoms with Crippen molar-refractivity contribution in [3.05, 3.63) is 35.4 Å². The van der Waals surface area contributed by atoms with Gasteiger partial charge in [-0.1, -0.05) is 18.2 Å². The quantitative estimate of drug-likeness (QED) is 0.450. The summed E-state index contributed by atoms with van der Waals surface area (Å²) in [4.78, 5) is 31.6. The zero-order valence-corrected chi connectivity index (χ0v) is 14.0. The van der Waals surface area contributed by atoms with E-state index < -0.39 is 18.2 Å². The van der Waals surface area contributed by atoms with E-state index in [0.717, 1.165) is 0 Å². The van der Waals surface area contributed by atoms with Crippen LogP contribution in [0, 0.1) is 6.92 Å². The van der Waals surface area contributed by atoms with Gasteiger partial charge in [0, 0.05) is 0 Å². The lowest BCUT2D eigenvalue weighted by molar-refractivity contribution is -0.453. The van der Waals surface area contributed by atoms with Gasteiger partial charge in [-0.2, -0.15) is 0 Å². The molecule has 0 fully saturated rings. The van der Waals surface area contributed by atoms with Gasteiger partial charge < -0.3 is 9.47 Å². The molecule has 0 amide bonds. The first-order valence-electron chi connectivity index (χ1n) is 7.15. The first-order valence-corrected chi connectivity index (χ1v) is 7.15. The van der Waals surface area contributed by atoms with E-state index in [2.05, 4.69) is 14.8 Å². The van der Waals surface area contributed by atoms with Gasteiger partial charge in [-0.15, -0.1) is 0 Å². The zero-order chi connectivity index (χ0) is 17.5. The van der Waals surface area contributed by atoms with Crippen molar-refractivity contribution in [2.24, 2.45) is 0 Å². The number of ether oxygens (including phenoxy) is 2. The Labute approximate surface area is 135 Å². The molecular formula is C16H22O7. The van der Waals surface area contributed by atoms with Gasteiger partial charge in [-0.3, -0.25) is 4.89 Å². The van der Waals surface area contributed by atoms with Crippen molar-refractivity contribution < 1.29 is 33.9 Å². The normalized spacial score (nSPS) is 12.4. The second-order valence-corrected chi connectivity index (χ2v) is 5.94. The molecule has 0 N–H and O–H groups in total. The minimum atomic E-state index is -1.13. The van der Waals surface area contributed by atoms with Crippen LogP contribution in [0.2, 0.25) is 0 Å². The summed E-state index contributed by atoms with van der Waals surface area (Å²) in [6.45, 7) is 9.21. The van der Waals surface area contributed by atoms with Gasteiger partial charge in [0.1, 0.15) is 6.10 Å².